The maximum atomic E-state index is 14.2. The molecule has 0 aliphatic carbocycles. The minimum atomic E-state index is -5.21. The Labute approximate surface area is 228 Å². The minimum Gasteiger partial charge on any atom is -0.478 e. The lowest BCUT2D eigenvalue weighted by molar-refractivity contribution is -0.384. The Kier molecular flexibility index (Phi) is 7.91. The predicted molar refractivity (Wildman–Crippen MR) is 131 cm³/mol. The number of halogens is 3. The van der Waals surface area contributed by atoms with Crippen LogP contribution in [0.2, 0.25) is 0 Å². The zero-order valence-electron chi connectivity index (χ0n) is 21.1. The number of allylic oxidation sites excluding steroid dienone is 1. The second-order valence-corrected chi connectivity index (χ2v) is 8.75. The SMILES string of the molecule is COC(=O)C1=C(C(F)(F)F)NC(COCCN2C(=O)c3ccccc3C2=O)=C(C(=O)O)C1c1cccc([N+](=O)[O-])c1. The fourth-order valence-corrected chi connectivity index (χ4v) is 4.59. The molecule has 2 aliphatic heterocycles. The molecule has 214 valence electrons. The summed E-state index contributed by atoms with van der Waals surface area (Å²) < 4.78 is 52.4. The van der Waals surface area contributed by atoms with Crippen molar-refractivity contribution in [3.63, 3.8) is 0 Å². The Morgan fingerprint density at radius 3 is 2.24 bits per heavy atom. The molecular formula is C26H20F3N3O9. The molecule has 15 heteroatoms. The molecular weight excluding hydrogens is 555 g/mol. The van der Waals surface area contributed by atoms with Crippen molar-refractivity contribution in [1.82, 2.24) is 10.2 Å². The van der Waals surface area contributed by atoms with Crippen molar-refractivity contribution >= 4 is 29.4 Å². The Bertz CT molecular complexity index is 1500. The third kappa shape index (κ3) is 5.51. The Hall–Kier alpha value is -5.05. The Morgan fingerprint density at radius 1 is 1.07 bits per heavy atom. The van der Waals surface area contributed by atoms with E-state index in [2.05, 4.69) is 4.74 Å². The van der Waals surface area contributed by atoms with E-state index in [9.17, 15) is 47.6 Å². The predicted octanol–water partition coefficient (Wildman–Crippen LogP) is 2.92. The van der Waals surface area contributed by atoms with E-state index in [0.29, 0.717) is 0 Å². The van der Waals surface area contributed by atoms with Crippen molar-refractivity contribution in [3.05, 3.63) is 97.9 Å². The first-order chi connectivity index (χ1) is 19.4. The molecule has 2 aromatic carbocycles. The van der Waals surface area contributed by atoms with E-state index in [1.165, 1.54) is 12.1 Å². The molecule has 41 heavy (non-hydrogen) atoms. The van der Waals surface area contributed by atoms with Gasteiger partial charge < -0.3 is 19.9 Å². The lowest BCUT2D eigenvalue weighted by Gasteiger charge is -2.32. The van der Waals surface area contributed by atoms with Crippen molar-refractivity contribution in [3.8, 4) is 0 Å². The van der Waals surface area contributed by atoms with E-state index >= 15 is 0 Å². The second kappa shape index (κ2) is 11.2. The molecule has 0 bridgehead atoms. The molecule has 4 rings (SSSR count). The summed E-state index contributed by atoms with van der Waals surface area (Å²) in [5.41, 5.74) is -4.59. The van der Waals surface area contributed by atoms with Crippen LogP contribution >= 0.6 is 0 Å². The lowest BCUT2D eigenvalue weighted by Crippen LogP contribution is -2.40. The molecule has 1 atom stereocenters. The number of fused-ring (bicyclic) bond motifs is 1. The van der Waals surface area contributed by atoms with Gasteiger partial charge in [0.1, 0.15) is 5.70 Å². The Balaban J connectivity index is 1.68. The number of carbonyl (C=O) groups excluding carboxylic acids is 3. The van der Waals surface area contributed by atoms with Crippen molar-refractivity contribution in [2.45, 2.75) is 12.1 Å². The third-order valence-electron chi connectivity index (χ3n) is 6.37. The molecule has 2 amide bonds. The van der Waals surface area contributed by atoms with Crippen LogP contribution in [0.5, 0.6) is 0 Å². The zero-order chi connectivity index (χ0) is 30.1. The van der Waals surface area contributed by atoms with E-state index in [-0.39, 0.29) is 29.8 Å². The van der Waals surface area contributed by atoms with Gasteiger partial charge >= 0.3 is 18.1 Å². The zero-order valence-corrected chi connectivity index (χ0v) is 21.1. The van der Waals surface area contributed by atoms with E-state index in [0.717, 1.165) is 36.3 Å². The molecule has 2 aromatic rings. The monoisotopic (exact) mass is 575 g/mol. The summed E-state index contributed by atoms with van der Waals surface area (Å²) in [5.74, 6) is -6.37. The maximum absolute atomic E-state index is 14.2. The number of carbonyl (C=O) groups is 4. The van der Waals surface area contributed by atoms with Gasteiger partial charge in [-0.1, -0.05) is 24.3 Å². The van der Waals surface area contributed by atoms with Gasteiger partial charge in [-0.2, -0.15) is 13.2 Å². The van der Waals surface area contributed by atoms with Gasteiger partial charge in [-0.05, 0) is 17.7 Å². The summed E-state index contributed by atoms with van der Waals surface area (Å²) in [6.07, 6.45) is -5.21. The van der Waals surface area contributed by atoms with Crippen LogP contribution in [0.4, 0.5) is 18.9 Å². The van der Waals surface area contributed by atoms with Crippen LogP contribution in [0.3, 0.4) is 0 Å². The summed E-state index contributed by atoms with van der Waals surface area (Å²) in [7, 11) is 0.801. The normalized spacial score (nSPS) is 17.0. The van der Waals surface area contributed by atoms with Crippen molar-refractivity contribution < 1.29 is 51.9 Å². The molecule has 0 fully saturated rings. The number of methoxy groups -OCH3 is 1. The summed E-state index contributed by atoms with van der Waals surface area (Å²) in [5, 5.41) is 23.3. The first-order valence-corrected chi connectivity index (χ1v) is 11.8. The Morgan fingerprint density at radius 2 is 1.71 bits per heavy atom. The third-order valence-corrected chi connectivity index (χ3v) is 6.37. The quantitative estimate of drug-likeness (QED) is 0.149. The van der Waals surface area contributed by atoms with Gasteiger partial charge in [-0.3, -0.25) is 24.6 Å². The number of nitro benzene ring substituents is 1. The number of aliphatic carboxylic acids is 1. The lowest BCUT2D eigenvalue weighted by atomic mass is 9.80. The molecule has 0 aromatic heterocycles. The largest absolute Gasteiger partial charge is 0.478 e. The number of nitrogens with one attached hydrogen (secondary N) is 1. The topological polar surface area (TPSA) is 165 Å². The smallest absolute Gasteiger partial charge is 0.431 e. The van der Waals surface area contributed by atoms with Gasteiger partial charge in [-0.15, -0.1) is 0 Å². The van der Waals surface area contributed by atoms with E-state index in [1.54, 1.807) is 12.1 Å². The van der Waals surface area contributed by atoms with E-state index < -0.39 is 75.6 Å². The number of non-ortho nitro benzene ring substituents is 1. The second-order valence-electron chi connectivity index (χ2n) is 8.75. The van der Waals surface area contributed by atoms with Gasteiger partial charge in [0.25, 0.3) is 17.5 Å². The van der Waals surface area contributed by atoms with Crippen molar-refractivity contribution in [1.29, 1.82) is 0 Å². The molecule has 0 radical (unpaired) electrons. The number of hydrogen-bond acceptors (Lipinski definition) is 9. The van der Waals surface area contributed by atoms with Crippen LogP contribution in [0.15, 0.2) is 71.1 Å². The van der Waals surface area contributed by atoms with Crippen LogP contribution in [0.25, 0.3) is 0 Å². The number of carboxylic acid groups (broad SMARTS) is 1. The van der Waals surface area contributed by atoms with E-state index in [4.69, 9.17) is 4.74 Å². The number of nitrogens with zero attached hydrogens (tertiary/aromatic N) is 2. The molecule has 2 N–H and O–H groups in total. The number of esters is 1. The van der Waals surface area contributed by atoms with Gasteiger partial charge in [0.15, 0.2) is 0 Å². The highest BCUT2D eigenvalue weighted by Crippen LogP contribution is 2.43. The number of carboxylic acids is 1. The summed E-state index contributed by atoms with van der Waals surface area (Å²) >= 11 is 0. The number of dihydropyridines is 1. The van der Waals surface area contributed by atoms with E-state index in [1.807, 2.05) is 5.32 Å². The van der Waals surface area contributed by atoms with Gasteiger partial charge in [0, 0.05) is 12.1 Å². The number of ether oxygens (including phenoxy) is 2. The number of alkyl halides is 3. The number of rotatable bonds is 9. The van der Waals surface area contributed by atoms with Crippen molar-refractivity contribution in [2.24, 2.45) is 0 Å². The summed E-state index contributed by atoms with van der Waals surface area (Å²) in [6.45, 7) is -1.43. The van der Waals surface area contributed by atoms with Gasteiger partial charge in [-0.25, -0.2) is 9.59 Å². The van der Waals surface area contributed by atoms with Crippen LogP contribution in [0, 0.1) is 10.1 Å². The number of amides is 2. The molecule has 2 heterocycles. The average molecular weight is 575 g/mol. The van der Waals surface area contributed by atoms with Crippen LogP contribution in [-0.4, -0.2) is 71.7 Å². The number of imide groups is 1. The standard InChI is InChI=1S/C26H20F3N3O9/c1-40-25(37)20-18(13-5-4-6-14(11-13)32(38)39)19(24(35)36)17(30-21(20)26(27,28)29)12-41-10-9-31-22(33)15-7-2-3-8-16(15)23(31)34/h2-8,11,18,30H,9-10,12H2,1H3,(H,35,36). The highest BCUT2D eigenvalue weighted by atomic mass is 19.4. The van der Waals surface area contributed by atoms with Crippen LogP contribution < -0.4 is 5.32 Å². The number of hydrogen-bond donors (Lipinski definition) is 2. The van der Waals surface area contributed by atoms with Gasteiger partial charge in [0.05, 0.1) is 65.7 Å². The highest BCUT2D eigenvalue weighted by molar-refractivity contribution is 6.21. The molecule has 0 saturated carbocycles. The fourth-order valence-electron chi connectivity index (χ4n) is 4.59. The molecule has 0 saturated heterocycles. The first-order valence-electron chi connectivity index (χ1n) is 11.8. The molecule has 2 aliphatic rings. The molecule has 12 nitrogen and oxygen atoms in total. The highest BCUT2D eigenvalue weighted by Gasteiger charge is 2.48. The summed E-state index contributed by atoms with van der Waals surface area (Å²) in [4.78, 5) is 61.4. The first kappa shape index (κ1) is 28.9. The summed E-state index contributed by atoms with van der Waals surface area (Å²) in [6, 6.07) is 10.3. The maximum Gasteiger partial charge on any atom is 0.431 e. The van der Waals surface area contributed by atoms with Crippen molar-refractivity contribution in [2.75, 3.05) is 26.9 Å². The fraction of sp³-hybridized carbons (Fsp3) is 0.231. The minimum absolute atomic E-state index is 0.178. The molecule has 0 spiro atoms. The number of nitro groups is 1. The van der Waals surface area contributed by atoms with Crippen LogP contribution in [-0.2, 0) is 19.1 Å². The van der Waals surface area contributed by atoms with Gasteiger partial charge in [0.2, 0.25) is 0 Å². The average Bonchev–Trinajstić information content (AvgIpc) is 3.18. The molecule has 1 unspecified atom stereocenters. The number of benzene rings is 2. The van der Waals surface area contributed by atoms with Crippen LogP contribution in [0.1, 0.15) is 32.2 Å².